The Bertz CT molecular complexity index is 954. The average Bonchev–Trinajstić information content (AvgIpc) is 3.10. The van der Waals surface area contributed by atoms with Crippen LogP contribution in [-0.2, 0) is 28.9 Å². The van der Waals surface area contributed by atoms with E-state index < -0.39 is 10.8 Å². The van der Waals surface area contributed by atoms with Crippen LogP contribution in [0.2, 0.25) is 10.0 Å². The molecule has 0 fully saturated rings. The van der Waals surface area contributed by atoms with Gasteiger partial charge >= 0.3 is 0 Å². The molecule has 0 radical (unpaired) electrons. The van der Waals surface area contributed by atoms with Crippen LogP contribution in [0.15, 0.2) is 65.1 Å². The molecule has 0 aliphatic rings. The monoisotopic (exact) mass is 421 g/mol. The van der Waals surface area contributed by atoms with E-state index in [4.69, 9.17) is 27.6 Å². The molecule has 0 saturated carbocycles. The third-order valence-corrected chi connectivity index (χ3v) is 5.52. The highest BCUT2D eigenvalue weighted by atomic mass is 35.5. The van der Waals surface area contributed by atoms with Gasteiger partial charge in [0.15, 0.2) is 5.76 Å². The summed E-state index contributed by atoms with van der Waals surface area (Å²) in [6.45, 7) is 0.345. The molecule has 1 atom stereocenters. The molecular weight excluding hydrogens is 405 g/mol. The predicted molar refractivity (Wildman–Crippen MR) is 108 cm³/mol. The zero-order chi connectivity index (χ0) is 19.2. The predicted octanol–water partition coefficient (Wildman–Crippen LogP) is 4.97. The van der Waals surface area contributed by atoms with Crippen molar-refractivity contribution in [1.82, 2.24) is 5.32 Å². The van der Waals surface area contributed by atoms with Gasteiger partial charge in [0.2, 0.25) is 0 Å². The van der Waals surface area contributed by atoms with Crippen molar-refractivity contribution >= 4 is 39.9 Å². The van der Waals surface area contributed by atoms with E-state index in [1.54, 1.807) is 36.4 Å². The molecule has 0 unspecified atom stereocenters. The molecule has 1 amide bonds. The fourth-order valence-corrected chi connectivity index (χ4v) is 3.95. The summed E-state index contributed by atoms with van der Waals surface area (Å²) in [7, 11) is -1.15. The summed E-state index contributed by atoms with van der Waals surface area (Å²) in [5, 5.41) is 4.03. The second-order valence-corrected chi connectivity index (χ2v) is 8.26. The number of furan rings is 1. The largest absolute Gasteiger partial charge is 0.455 e. The van der Waals surface area contributed by atoms with Gasteiger partial charge in [0.1, 0.15) is 5.76 Å². The number of benzene rings is 2. The van der Waals surface area contributed by atoms with E-state index in [0.717, 1.165) is 11.1 Å². The zero-order valence-corrected chi connectivity index (χ0v) is 16.6. The van der Waals surface area contributed by atoms with E-state index in [9.17, 15) is 9.00 Å². The minimum atomic E-state index is -1.15. The summed E-state index contributed by atoms with van der Waals surface area (Å²) in [4.78, 5) is 12.2. The molecule has 2 aromatic carbocycles. The zero-order valence-electron chi connectivity index (χ0n) is 14.3. The lowest BCUT2D eigenvalue weighted by Gasteiger charge is -2.04. The molecule has 7 heteroatoms. The normalized spacial score (nSPS) is 11.9. The maximum atomic E-state index is 12.3. The van der Waals surface area contributed by atoms with Crippen LogP contribution in [-0.4, -0.2) is 10.1 Å². The second-order valence-electron chi connectivity index (χ2n) is 5.93. The van der Waals surface area contributed by atoms with Crippen LogP contribution in [0.25, 0.3) is 0 Å². The van der Waals surface area contributed by atoms with Gasteiger partial charge in [-0.05, 0) is 47.5 Å². The van der Waals surface area contributed by atoms with Gasteiger partial charge < -0.3 is 9.73 Å². The Morgan fingerprint density at radius 3 is 2.44 bits per heavy atom. The Kier molecular flexibility index (Phi) is 6.72. The van der Waals surface area contributed by atoms with Crippen LogP contribution in [0.5, 0.6) is 0 Å². The second kappa shape index (κ2) is 9.22. The van der Waals surface area contributed by atoms with E-state index in [1.165, 1.54) is 0 Å². The van der Waals surface area contributed by atoms with Crippen molar-refractivity contribution in [1.29, 1.82) is 0 Å². The smallest absolute Gasteiger partial charge is 0.287 e. The molecule has 1 aromatic heterocycles. The van der Waals surface area contributed by atoms with Gasteiger partial charge in [0.25, 0.3) is 5.91 Å². The van der Waals surface area contributed by atoms with Gasteiger partial charge in [-0.1, -0.05) is 47.5 Å². The standard InChI is InChI=1S/C20H17Cl2NO3S/c21-16-6-4-14(5-7-16)12-27(25)13-18-8-9-19(26-18)20(24)23-11-15-2-1-3-17(22)10-15/h1-10H,11-13H2,(H,23,24)/t27-/m1/s1. The van der Waals surface area contributed by atoms with E-state index >= 15 is 0 Å². The Morgan fingerprint density at radius 1 is 0.926 bits per heavy atom. The van der Waals surface area contributed by atoms with Crippen molar-refractivity contribution in [2.75, 3.05) is 0 Å². The van der Waals surface area contributed by atoms with Crippen LogP contribution in [0, 0.1) is 0 Å². The molecular formula is C20H17Cl2NO3S. The Balaban J connectivity index is 1.53. The van der Waals surface area contributed by atoms with Crippen LogP contribution < -0.4 is 5.32 Å². The lowest BCUT2D eigenvalue weighted by Crippen LogP contribution is -2.22. The molecule has 140 valence electrons. The highest BCUT2D eigenvalue weighted by Gasteiger charge is 2.13. The van der Waals surface area contributed by atoms with Crippen LogP contribution >= 0.6 is 23.2 Å². The molecule has 0 saturated heterocycles. The number of carbonyl (C=O) groups is 1. The van der Waals surface area contributed by atoms with Crippen LogP contribution in [0.1, 0.15) is 27.4 Å². The van der Waals surface area contributed by atoms with E-state index in [1.807, 2.05) is 24.3 Å². The van der Waals surface area contributed by atoms with Crippen molar-refractivity contribution in [3.63, 3.8) is 0 Å². The third kappa shape index (κ3) is 5.96. The van der Waals surface area contributed by atoms with Gasteiger partial charge in [-0.2, -0.15) is 0 Å². The molecule has 3 aromatic rings. The Labute approximate surface area is 169 Å². The molecule has 4 nitrogen and oxygen atoms in total. The number of nitrogens with one attached hydrogen (secondary N) is 1. The number of rotatable bonds is 7. The summed E-state index contributed by atoms with van der Waals surface area (Å²) in [5.41, 5.74) is 1.83. The van der Waals surface area contributed by atoms with Crippen molar-refractivity contribution in [3.05, 3.63) is 93.4 Å². The lowest BCUT2D eigenvalue weighted by atomic mass is 10.2. The first-order chi connectivity index (χ1) is 13.0. The highest BCUT2D eigenvalue weighted by Crippen LogP contribution is 2.15. The molecule has 0 spiro atoms. The maximum absolute atomic E-state index is 12.3. The molecule has 1 N–H and O–H groups in total. The van der Waals surface area contributed by atoms with Crippen molar-refractivity contribution < 1.29 is 13.4 Å². The summed E-state index contributed by atoms with van der Waals surface area (Å²) < 4.78 is 17.8. The van der Waals surface area contributed by atoms with E-state index in [-0.39, 0.29) is 17.4 Å². The molecule has 0 bridgehead atoms. The van der Waals surface area contributed by atoms with Crippen LogP contribution in [0.3, 0.4) is 0 Å². The first kappa shape index (κ1) is 19.7. The minimum absolute atomic E-state index is 0.190. The first-order valence-corrected chi connectivity index (χ1v) is 10.4. The van der Waals surface area contributed by atoms with Gasteiger partial charge in [0, 0.05) is 33.1 Å². The Hall–Kier alpha value is -2.08. The van der Waals surface area contributed by atoms with Gasteiger partial charge in [0.05, 0.1) is 5.75 Å². The van der Waals surface area contributed by atoms with E-state index in [2.05, 4.69) is 5.32 Å². The summed E-state index contributed by atoms with van der Waals surface area (Å²) in [6.07, 6.45) is 0. The number of amides is 1. The number of hydrogen-bond donors (Lipinski definition) is 1. The summed E-state index contributed by atoms with van der Waals surface area (Å²) >= 11 is 11.8. The summed E-state index contributed by atoms with van der Waals surface area (Å²) in [6, 6.07) is 17.7. The molecule has 0 aliphatic carbocycles. The van der Waals surface area contributed by atoms with E-state index in [0.29, 0.717) is 28.1 Å². The number of carbonyl (C=O) groups excluding carboxylic acids is 1. The minimum Gasteiger partial charge on any atom is -0.455 e. The molecule has 0 aliphatic heterocycles. The topological polar surface area (TPSA) is 59.3 Å². The van der Waals surface area contributed by atoms with Crippen LogP contribution in [0.4, 0.5) is 0 Å². The maximum Gasteiger partial charge on any atom is 0.287 e. The number of halogens is 2. The molecule has 1 heterocycles. The average molecular weight is 422 g/mol. The first-order valence-electron chi connectivity index (χ1n) is 8.20. The highest BCUT2D eigenvalue weighted by molar-refractivity contribution is 7.83. The fraction of sp³-hybridized carbons (Fsp3) is 0.150. The van der Waals surface area contributed by atoms with Crippen molar-refractivity contribution in [2.45, 2.75) is 18.1 Å². The molecule has 27 heavy (non-hydrogen) atoms. The van der Waals surface area contributed by atoms with Crippen molar-refractivity contribution in [3.8, 4) is 0 Å². The SMILES string of the molecule is O=C(NCc1cccc(Cl)c1)c1ccc(C[S@](=O)Cc2ccc(Cl)cc2)o1. The fourth-order valence-electron chi connectivity index (χ4n) is 2.47. The quantitative estimate of drug-likeness (QED) is 0.585. The Morgan fingerprint density at radius 2 is 1.70 bits per heavy atom. The van der Waals surface area contributed by atoms with Crippen molar-refractivity contribution in [2.24, 2.45) is 0 Å². The van der Waals surface area contributed by atoms with Gasteiger partial charge in [-0.3, -0.25) is 9.00 Å². The molecule has 3 rings (SSSR count). The number of hydrogen-bond acceptors (Lipinski definition) is 3. The third-order valence-electron chi connectivity index (χ3n) is 3.77. The van der Waals surface area contributed by atoms with Gasteiger partial charge in [-0.15, -0.1) is 0 Å². The lowest BCUT2D eigenvalue weighted by molar-refractivity contribution is 0.0921. The summed E-state index contributed by atoms with van der Waals surface area (Å²) in [5.74, 6) is 1.01. The van der Waals surface area contributed by atoms with Gasteiger partial charge in [-0.25, -0.2) is 0 Å².